The molecule has 6 nitrogen and oxygen atoms in total. The van der Waals surface area contributed by atoms with Gasteiger partial charge in [0.25, 0.3) is 5.91 Å². The predicted octanol–water partition coefficient (Wildman–Crippen LogP) is 1.85. The Balaban J connectivity index is 1.69. The second kappa shape index (κ2) is 5.62. The van der Waals surface area contributed by atoms with Gasteiger partial charge in [0.2, 0.25) is 12.0 Å². The quantitative estimate of drug-likeness (QED) is 0.927. The second-order valence-corrected chi connectivity index (χ2v) is 4.53. The van der Waals surface area contributed by atoms with Gasteiger partial charge in [-0.25, -0.2) is 4.98 Å². The second-order valence-electron chi connectivity index (χ2n) is 4.53. The first-order valence-corrected chi connectivity index (χ1v) is 6.44. The average Bonchev–Trinajstić information content (AvgIpc) is 2.99. The third-order valence-electron chi connectivity index (χ3n) is 3.03. The number of rotatable bonds is 4. The molecule has 0 saturated carbocycles. The number of nitrogens with zero attached hydrogens (tertiary/aromatic N) is 2. The van der Waals surface area contributed by atoms with Crippen LogP contribution in [0.3, 0.4) is 0 Å². The largest absolute Gasteiger partial charge is 0.439 e. The van der Waals surface area contributed by atoms with Crippen LogP contribution in [0, 0.1) is 0 Å². The lowest BCUT2D eigenvalue weighted by molar-refractivity contribution is -0.127. The predicted molar refractivity (Wildman–Crippen MR) is 76.0 cm³/mol. The van der Waals surface area contributed by atoms with Crippen LogP contribution in [0.2, 0.25) is 0 Å². The normalized spacial score (nSPS) is 17.0. The number of ether oxygens (including phenoxy) is 1. The maximum atomic E-state index is 11.0. The summed E-state index contributed by atoms with van der Waals surface area (Å²) in [6, 6.07) is 12.8. The van der Waals surface area contributed by atoms with E-state index in [0.29, 0.717) is 23.8 Å². The average molecular weight is 283 g/mol. The molecule has 0 saturated heterocycles. The first-order chi connectivity index (χ1) is 10.2. The molecule has 2 N–H and O–H groups in total. The molecule has 106 valence electrons. The van der Waals surface area contributed by atoms with Crippen LogP contribution >= 0.6 is 0 Å². The van der Waals surface area contributed by atoms with Crippen LogP contribution < -0.4 is 10.5 Å². The Hall–Kier alpha value is -2.89. The van der Waals surface area contributed by atoms with Gasteiger partial charge in [0, 0.05) is 18.7 Å². The number of primary amides is 1. The zero-order valence-corrected chi connectivity index (χ0v) is 11.1. The van der Waals surface area contributed by atoms with Gasteiger partial charge < -0.3 is 15.3 Å². The Kier molecular flexibility index (Phi) is 3.51. The van der Waals surface area contributed by atoms with E-state index < -0.39 is 12.0 Å². The highest BCUT2D eigenvalue weighted by Gasteiger charge is 2.26. The van der Waals surface area contributed by atoms with Gasteiger partial charge in [-0.05, 0) is 35.9 Å². The summed E-state index contributed by atoms with van der Waals surface area (Å²) in [6.07, 6.45) is 1.37. The van der Waals surface area contributed by atoms with Gasteiger partial charge in [0.1, 0.15) is 5.75 Å². The van der Waals surface area contributed by atoms with E-state index in [0.717, 1.165) is 5.56 Å². The Morgan fingerprint density at radius 3 is 2.67 bits per heavy atom. The molecule has 0 spiro atoms. The molecule has 0 aliphatic carbocycles. The van der Waals surface area contributed by atoms with Crippen molar-refractivity contribution in [3.63, 3.8) is 0 Å². The first kappa shape index (κ1) is 13.1. The number of aromatic nitrogens is 1. The summed E-state index contributed by atoms with van der Waals surface area (Å²) >= 11 is 0. The van der Waals surface area contributed by atoms with E-state index >= 15 is 0 Å². The van der Waals surface area contributed by atoms with Gasteiger partial charge in [0.05, 0.1) is 5.71 Å². The molecule has 0 fully saturated rings. The van der Waals surface area contributed by atoms with E-state index in [9.17, 15) is 4.79 Å². The van der Waals surface area contributed by atoms with Gasteiger partial charge in [-0.2, -0.15) is 0 Å². The van der Waals surface area contributed by atoms with Crippen LogP contribution in [0.1, 0.15) is 12.0 Å². The topological polar surface area (TPSA) is 86.8 Å². The summed E-state index contributed by atoms with van der Waals surface area (Å²) in [7, 11) is 0. The SMILES string of the molecule is NC(=O)C1CC(c2ccc(Oc3ccccn3)cc2)=NO1. The van der Waals surface area contributed by atoms with E-state index in [1.807, 2.05) is 36.4 Å². The number of carbonyl (C=O) groups is 1. The van der Waals surface area contributed by atoms with Crippen molar-refractivity contribution >= 4 is 11.6 Å². The highest BCUT2D eigenvalue weighted by Crippen LogP contribution is 2.22. The van der Waals surface area contributed by atoms with Crippen molar-refractivity contribution in [2.24, 2.45) is 10.9 Å². The van der Waals surface area contributed by atoms with Crippen molar-refractivity contribution in [2.75, 3.05) is 0 Å². The lowest BCUT2D eigenvalue weighted by Crippen LogP contribution is -2.28. The minimum absolute atomic E-state index is 0.385. The monoisotopic (exact) mass is 283 g/mol. The minimum atomic E-state index is -0.676. The van der Waals surface area contributed by atoms with Gasteiger partial charge in [-0.1, -0.05) is 11.2 Å². The molecule has 21 heavy (non-hydrogen) atoms. The summed E-state index contributed by atoms with van der Waals surface area (Å²) in [5.41, 5.74) is 6.75. The molecule has 3 rings (SSSR count). The number of pyridine rings is 1. The van der Waals surface area contributed by atoms with Crippen LogP contribution in [0.25, 0.3) is 0 Å². The smallest absolute Gasteiger partial charge is 0.261 e. The van der Waals surface area contributed by atoms with Crippen LogP contribution in [0.4, 0.5) is 0 Å². The van der Waals surface area contributed by atoms with Crippen molar-refractivity contribution in [1.82, 2.24) is 4.98 Å². The Morgan fingerprint density at radius 2 is 2.05 bits per heavy atom. The third-order valence-corrected chi connectivity index (χ3v) is 3.03. The Bertz CT molecular complexity index is 668. The number of hydrogen-bond donors (Lipinski definition) is 1. The molecule has 2 aromatic rings. The molecule has 1 aliphatic rings. The number of oxime groups is 1. The standard InChI is InChI=1S/C15H13N3O3/c16-15(19)13-9-12(18-21-13)10-4-6-11(7-5-10)20-14-3-1-2-8-17-14/h1-8,13H,9H2,(H2,16,19). The number of hydrogen-bond acceptors (Lipinski definition) is 5. The Morgan fingerprint density at radius 1 is 1.24 bits per heavy atom. The fourth-order valence-corrected chi connectivity index (χ4v) is 1.94. The molecular formula is C15H13N3O3. The van der Waals surface area contributed by atoms with Crippen LogP contribution in [-0.2, 0) is 9.63 Å². The maximum Gasteiger partial charge on any atom is 0.261 e. The molecule has 1 aromatic carbocycles. The maximum absolute atomic E-state index is 11.0. The van der Waals surface area contributed by atoms with Crippen molar-refractivity contribution in [2.45, 2.75) is 12.5 Å². The molecule has 1 aromatic heterocycles. The van der Waals surface area contributed by atoms with Crippen molar-refractivity contribution < 1.29 is 14.4 Å². The van der Waals surface area contributed by atoms with E-state index in [1.165, 1.54) is 0 Å². The molecule has 6 heteroatoms. The lowest BCUT2D eigenvalue weighted by atomic mass is 10.0. The number of carbonyl (C=O) groups excluding carboxylic acids is 1. The molecule has 1 unspecified atom stereocenters. The molecule has 0 bridgehead atoms. The van der Waals surface area contributed by atoms with E-state index in [1.54, 1.807) is 12.3 Å². The summed E-state index contributed by atoms with van der Waals surface area (Å²) in [6.45, 7) is 0. The molecule has 1 amide bonds. The summed E-state index contributed by atoms with van der Waals surface area (Å²) in [5, 5.41) is 3.88. The number of benzene rings is 1. The first-order valence-electron chi connectivity index (χ1n) is 6.44. The van der Waals surface area contributed by atoms with Crippen molar-refractivity contribution in [3.8, 4) is 11.6 Å². The van der Waals surface area contributed by atoms with Gasteiger partial charge in [-0.15, -0.1) is 0 Å². The summed E-state index contributed by atoms with van der Waals surface area (Å²) in [5.74, 6) is 0.688. The molecule has 1 atom stereocenters. The van der Waals surface area contributed by atoms with E-state index in [4.69, 9.17) is 15.3 Å². The van der Waals surface area contributed by atoms with Crippen LogP contribution in [0.5, 0.6) is 11.6 Å². The van der Waals surface area contributed by atoms with Gasteiger partial charge in [-0.3, -0.25) is 4.79 Å². The molecule has 0 radical (unpaired) electrons. The Labute approximate surface area is 121 Å². The van der Waals surface area contributed by atoms with Crippen LogP contribution in [-0.4, -0.2) is 22.7 Å². The summed E-state index contributed by atoms with van der Waals surface area (Å²) < 4.78 is 5.60. The van der Waals surface area contributed by atoms with E-state index in [-0.39, 0.29) is 0 Å². The number of nitrogens with two attached hydrogens (primary N) is 1. The molecule has 2 heterocycles. The van der Waals surface area contributed by atoms with Crippen molar-refractivity contribution in [3.05, 3.63) is 54.2 Å². The van der Waals surface area contributed by atoms with E-state index in [2.05, 4.69) is 10.1 Å². The number of amides is 1. The fourth-order valence-electron chi connectivity index (χ4n) is 1.94. The highest BCUT2D eigenvalue weighted by molar-refractivity contribution is 6.03. The molecule has 1 aliphatic heterocycles. The highest BCUT2D eigenvalue weighted by atomic mass is 16.6. The zero-order chi connectivity index (χ0) is 14.7. The van der Waals surface area contributed by atoms with Crippen molar-refractivity contribution in [1.29, 1.82) is 0 Å². The summed E-state index contributed by atoms with van der Waals surface area (Å²) in [4.78, 5) is 20.1. The fraction of sp³-hybridized carbons (Fsp3) is 0.133. The van der Waals surface area contributed by atoms with Crippen LogP contribution in [0.15, 0.2) is 53.8 Å². The molecular weight excluding hydrogens is 270 g/mol. The van der Waals surface area contributed by atoms with Gasteiger partial charge in [0.15, 0.2) is 0 Å². The third kappa shape index (κ3) is 3.00. The van der Waals surface area contributed by atoms with Gasteiger partial charge >= 0.3 is 0 Å². The zero-order valence-electron chi connectivity index (χ0n) is 11.1. The lowest BCUT2D eigenvalue weighted by Gasteiger charge is -2.05. The minimum Gasteiger partial charge on any atom is -0.439 e.